The summed E-state index contributed by atoms with van der Waals surface area (Å²) in [6.45, 7) is 3.64. The minimum atomic E-state index is -0.413. The van der Waals surface area contributed by atoms with Gasteiger partial charge in [0, 0.05) is 11.6 Å². The Hall–Kier alpha value is -2.71. The van der Waals surface area contributed by atoms with Gasteiger partial charge in [-0.3, -0.25) is 4.79 Å². The molecule has 4 rings (SSSR count). The highest BCUT2D eigenvalue weighted by molar-refractivity contribution is 8.00. The Kier molecular flexibility index (Phi) is 4.67. The Morgan fingerprint density at radius 1 is 1.22 bits per heavy atom. The number of carbonyl (C=O) groups is 1. The largest absolute Gasteiger partial charge is 0.310 e. The van der Waals surface area contributed by atoms with Gasteiger partial charge in [-0.25, -0.2) is 15.0 Å². The number of halogens is 1. The van der Waals surface area contributed by atoms with E-state index in [2.05, 4.69) is 25.4 Å². The van der Waals surface area contributed by atoms with Crippen molar-refractivity contribution < 1.29 is 4.79 Å². The molecule has 0 aliphatic heterocycles. The lowest BCUT2D eigenvalue weighted by atomic mass is 10.2. The molecule has 0 aliphatic carbocycles. The summed E-state index contributed by atoms with van der Waals surface area (Å²) in [6.07, 6.45) is 1.49. The first-order chi connectivity index (χ1) is 13.0. The van der Waals surface area contributed by atoms with E-state index < -0.39 is 5.25 Å². The molecule has 7 nitrogen and oxygen atoms in total. The molecule has 1 N–H and O–H groups in total. The molecule has 0 spiro atoms. The van der Waals surface area contributed by atoms with E-state index in [4.69, 9.17) is 11.6 Å². The van der Waals surface area contributed by atoms with Crippen molar-refractivity contribution in [3.8, 4) is 0 Å². The molecule has 9 heteroatoms. The number of anilines is 1. The number of fused-ring (bicyclic) bond motifs is 3. The van der Waals surface area contributed by atoms with Gasteiger partial charge in [-0.1, -0.05) is 35.5 Å². The average Bonchev–Trinajstić information content (AvgIpc) is 3.05. The molecular formula is C18H15ClN6OS. The lowest BCUT2D eigenvalue weighted by Gasteiger charge is -2.12. The van der Waals surface area contributed by atoms with Crippen LogP contribution in [0.5, 0.6) is 0 Å². The third kappa shape index (κ3) is 3.58. The van der Waals surface area contributed by atoms with Crippen molar-refractivity contribution in [3.05, 3.63) is 53.4 Å². The standard InChI is InChI=1S/C18H15ClN6OS/c1-10(17(26)23-15-8-7-12(19)9-20-15)27-18-22-14-6-4-3-5-13(14)16-21-11(2)24-25(16)18/h3-10H,1-2H3,(H,20,23,26). The van der Waals surface area contributed by atoms with Crippen LogP contribution in [-0.4, -0.2) is 35.7 Å². The van der Waals surface area contributed by atoms with Gasteiger partial charge in [0.25, 0.3) is 0 Å². The second-order valence-electron chi connectivity index (χ2n) is 5.92. The van der Waals surface area contributed by atoms with Gasteiger partial charge in [0.15, 0.2) is 10.8 Å². The van der Waals surface area contributed by atoms with Crippen molar-refractivity contribution >= 4 is 51.6 Å². The average molecular weight is 399 g/mol. The van der Waals surface area contributed by atoms with Crippen molar-refractivity contribution in [1.29, 1.82) is 0 Å². The summed E-state index contributed by atoms with van der Waals surface area (Å²) in [4.78, 5) is 25.8. The molecule has 3 aromatic heterocycles. The number of hydrogen-bond acceptors (Lipinski definition) is 6. The number of benzene rings is 1. The van der Waals surface area contributed by atoms with E-state index in [9.17, 15) is 4.79 Å². The Labute approximate surface area is 164 Å². The molecule has 0 saturated carbocycles. The van der Waals surface area contributed by atoms with E-state index in [1.807, 2.05) is 38.1 Å². The third-order valence-electron chi connectivity index (χ3n) is 3.89. The highest BCUT2D eigenvalue weighted by Gasteiger charge is 2.20. The van der Waals surface area contributed by atoms with E-state index in [-0.39, 0.29) is 5.91 Å². The van der Waals surface area contributed by atoms with E-state index in [0.717, 1.165) is 16.6 Å². The molecule has 0 aliphatic rings. The summed E-state index contributed by atoms with van der Waals surface area (Å²) in [5.74, 6) is 0.914. The van der Waals surface area contributed by atoms with E-state index >= 15 is 0 Å². The lowest BCUT2D eigenvalue weighted by molar-refractivity contribution is -0.115. The maximum atomic E-state index is 12.5. The second kappa shape index (κ2) is 7.13. The minimum Gasteiger partial charge on any atom is -0.310 e. The highest BCUT2D eigenvalue weighted by atomic mass is 35.5. The smallest absolute Gasteiger partial charge is 0.238 e. The first-order valence-corrected chi connectivity index (χ1v) is 9.48. The van der Waals surface area contributed by atoms with Crippen LogP contribution in [0, 0.1) is 6.92 Å². The number of carbonyl (C=O) groups excluding carboxylic acids is 1. The molecule has 4 aromatic rings. The predicted molar refractivity (Wildman–Crippen MR) is 106 cm³/mol. The molecule has 1 amide bonds. The van der Waals surface area contributed by atoms with Crippen LogP contribution in [0.1, 0.15) is 12.7 Å². The molecule has 1 unspecified atom stereocenters. The quantitative estimate of drug-likeness (QED) is 0.416. The SMILES string of the molecule is Cc1nc2c3ccccc3nc(SC(C)C(=O)Nc3ccc(Cl)cn3)n2n1. The fourth-order valence-electron chi connectivity index (χ4n) is 2.60. The Morgan fingerprint density at radius 2 is 2.04 bits per heavy atom. The van der Waals surface area contributed by atoms with Crippen molar-refractivity contribution in [2.24, 2.45) is 0 Å². The fraction of sp³-hybridized carbons (Fsp3) is 0.167. The van der Waals surface area contributed by atoms with Crippen LogP contribution < -0.4 is 5.32 Å². The molecule has 1 atom stereocenters. The maximum absolute atomic E-state index is 12.5. The molecule has 0 saturated heterocycles. The summed E-state index contributed by atoms with van der Waals surface area (Å²) >= 11 is 7.14. The maximum Gasteiger partial charge on any atom is 0.238 e. The summed E-state index contributed by atoms with van der Waals surface area (Å²) in [5.41, 5.74) is 1.54. The highest BCUT2D eigenvalue weighted by Crippen LogP contribution is 2.27. The van der Waals surface area contributed by atoms with Crippen LogP contribution >= 0.6 is 23.4 Å². The van der Waals surface area contributed by atoms with Gasteiger partial charge in [0.2, 0.25) is 5.91 Å². The predicted octanol–water partition coefficient (Wildman–Crippen LogP) is 3.75. The zero-order chi connectivity index (χ0) is 19.0. The molecule has 0 radical (unpaired) electrons. The topological polar surface area (TPSA) is 85.1 Å². The lowest BCUT2D eigenvalue weighted by Crippen LogP contribution is -2.23. The molecule has 0 fully saturated rings. The minimum absolute atomic E-state index is 0.185. The van der Waals surface area contributed by atoms with Gasteiger partial charge in [-0.15, -0.1) is 5.10 Å². The molecule has 1 aromatic carbocycles. The molecule has 27 heavy (non-hydrogen) atoms. The van der Waals surface area contributed by atoms with Gasteiger partial charge >= 0.3 is 0 Å². The molecular weight excluding hydrogens is 384 g/mol. The van der Waals surface area contributed by atoms with Gasteiger partial charge < -0.3 is 5.32 Å². The number of para-hydroxylation sites is 1. The van der Waals surface area contributed by atoms with Crippen LogP contribution in [0.2, 0.25) is 5.02 Å². The Bertz CT molecular complexity index is 1140. The summed E-state index contributed by atoms with van der Waals surface area (Å²) in [6, 6.07) is 11.1. The summed E-state index contributed by atoms with van der Waals surface area (Å²) in [7, 11) is 0. The fourth-order valence-corrected chi connectivity index (χ4v) is 3.57. The van der Waals surface area contributed by atoms with Gasteiger partial charge in [-0.2, -0.15) is 4.52 Å². The number of thioether (sulfide) groups is 1. The van der Waals surface area contributed by atoms with Crippen molar-refractivity contribution in [2.75, 3.05) is 5.32 Å². The van der Waals surface area contributed by atoms with Gasteiger partial charge in [-0.05, 0) is 38.1 Å². The van der Waals surface area contributed by atoms with Gasteiger partial charge in [0.05, 0.1) is 15.8 Å². The van der Waals surface area contributed by atoms with E-state index in [1.165, 1.54) is 18.0 Å². The summed E-state index contributed by atoms with van der Waals surface area (Å²) in [5, 5.41) is 8.84. The molecule has 3 heterocycles. The van der Waals surface area contributed by atoms with Crippen molar-refractivity contribution in [2.45, 2.75) is 24.3 Å². The number of nitrogens with zero attached hydrogens (tertiary/aromatic N) is 5. The Balaban J connectivity index is 1.63. The number of aromatic nitrogens is 5. The first-order valence-electron chi connectivity index (χ1n) is 8.22. The number of aryl methyl sites for hydroxylation is 1. The zero-order valence-electron chi connectivity index (χ0n) is 14.5. The number of pyridine rings is 1. The van der Waals surface area contributed by atoms with Gasteiger partial charge in [0.1, 0.15) is 11.6 Å². The number of amides is 1. The van der Waals surface area contributed by atoms with Crippen LogP contribution in [0.25, 0.3) is 16.6 Å². The van der Waals surface area contributed by atoms with Crippen LogP contribution in [0.15, 0.2) is 47.8 Å². The molecule has 136 valence electrons. The van der Waals surface area contributed by atoms with Crippen molar-refractivity contribution in [1.82, 2.24) is 24.6 Å². The first kappa shape index (κ1) is 17.7. The van der Waals surface area contributed by atoms with E-state index in [1.54, 1.807) is 16.6 Å². The third-order valence-corrected chi connectivity index (χ3v) is 5.15. The number of nitrogens with one attached hydrogen (secondary N) is 1. The van der Waals surface area contributed by atoms with Crippen LogP contribution in [-0.2, 0) is 4.79 Å². The summed E-state index contributed by atoms with van der Waals surface area (Å²) < 4.78 is 1.69. The zero-order valence-corrected chi connectivity index (χ0v) is 16.1. The van der Waals surface area contributed by atoms with Crippen LogP contribution in [0.3, 0.4) is 0 Å². The monoisotopic (exact) mass is 398 g/mol. The second-order valence-corrected chi connectivity index (χ2v) is 7.66. The van der Waals surface area contributed by atoms with Crippen LogP contribution in [0.4, 0.5) is 5.82 Å². The number of rotatable bonds is 4. The Morgan fingerprint density at radius 3 is 2.81 bits per heavy atom. The number of hydrogen-bond donors (Lipinski definition) is 1. The normalized spacial score (nSPS) is 12.4. The molecule has 0 bridgehead atoms. The van der Waals surface area contributed by atoms with E-state index in [0.29, 0.717) is 21.8 Å². The van der Waals surface area contributed by atoms with Crippen molar-refractivity contribution in [3.63, 3.8) is 0 Å².